The van der Waals surface area contributed by atoms with Gasteiger partial charge >= 0.3 is 0 Å². The summed E-state index contributed by atoms with van der Waals surface area (Å²) < 4.78 is 0.586. The van der Waals surface area contributed by atoms with E-state index >= 15 is 0 Å². The molecule has 1 rings (SSSR count). The Bertz CT molecular complexity index is 276. The van der Waals surface area contributed by atoms with E-state index in [1.54, 1.807) is 5.51 Å². The van der Waals surface area contributed by atoms with Crippen LogP contribution in [0.2, 0.25) is 0 Å². The van der Waals surface area contributed by atoms with Crippen molar-refractivity contribution in [2.75, 3.05) is 6.54 Å². The van der Waals surface area contributed by atoms with E-state index in [1.165, 1.54) is 11.3 Å². The zero-order valence-electron chi connectivity index (χ0n) is 6.43. The Morgan fingerprint density at radius 2 is 2.58 bits per heavy atom. The van der Waals surface area contributed by atoms with Crippen molar-refractivity contribution in [3.8, 4) is 0 Å². The minimum absolute atomic E-state index is 0.161. The highest BCUT2D eigenvalue weighted by molar-refractivity contribution is 9.10. The third kappa shape index (κ3) is 2.26. The van der Waals surface area contributed by atoms with Gasteiger partial charge in [0.05, 0.1) is 5.51 Å². The molecule has 1 amide bonds. The molecule has 1 aromatic rings. The van der Waals surface area contributed by atoms with Crippen LogP contribution in [0.15, 0.2) is 10.1 Å². The van der Waals surface area contributed by atoms with E-state index in [4.69, 9.17) is 0 Å². The van der Waals surface area contributed by atoms with Crippen molar-refractivity contribution in [1.29, 1.82) is 0 Å². The van der Waals surface area contributed by atoms with Crippen LogP contribution in [0.3, 0.4) is 0 Å². The van der Waals surface area contributed by atoms with Crippen molar-refractivity contribution in [3.05, 3.63) is 15.0 Å². The number of aromatic nitrogens is 1. The lowest BCUT2D eigenvalue weighted by atomic mass is 10.5. The fraction of sp³-hybridized carbons (Fsp3) is 0.333. The number of carbonyl (C=O) groups is 1. The Morgan fingerprint density at radius 1 is 1.83 bits per heavy atom. The van der Waals surface area contributed by atoms with Gasteiger partial charge in [-0.1, -0.05) is 6.92 Å². The molecule has 0 fully saturated rings. The molecule has 0 aliphatic carbocycles. The molecule has 0 radical (unpaired) electrons. The van der Waals surface area contributed by atoms with E-state index in [9.17, 15) is 4.79 Å². The summed E-state index contributed by atoms with van der Waals surface area (Å²) in [7, 11) is 0. The molecular weight excluding hydrogens is 242 g/mol. The zero-order chi connectivity index (χ0) is 8.97. The second-order valence-electron chi connectivity index (χ2n) is 1.96. The molecule has 0 atom stereocenters. The molecule has 2 N–H and O–H groups in total. The summed E-state index contributed by atoms with van der Waals surface area (Å²) in [5.41, 5.74) is 6.87. The largest absolute Gasteiger partial charge is 0.287 e. The van der Waals surface area contributed by atoms with E-state index in [0.29, 0.717) is 16.0 Å². The molecule has 0 saturated heterocycles. The van der Waals surface area contributed by atoms with Crippen LogP contribution < -0.4 is 10.9 Å². The summed E-state index contributed by atoms with van der Waals surface area (Å²) in [5, 5.41) is 0. The van der Waals surface area contributed by atoms with Crippen molar-refractivity contribution in [1.82, 2.24) is 15.8 Å². The molecule has 4 nitrogen and oxygen atoms in total. The summed E-state index contributed by atoms with van der Waals surface area (Å²) in [6.07, 6.45) is 0. The Hall–Kier alpha value is -0.460. The second kappa shape index (κ2) is 4.54. The van der Waals surface area contributed by atoms with Crippen LogP contribution in [-0.2, 0) is 0 Å². The quantitative estimate of drug-likeness (QED) is 0.791. The number of amides is 1. The molecule has 0 aromatic carbocycles. The minimum Gasteiger partial charge on any atom is -0.287 e. The summed E-state index contributed by atoms with van der Waals surface area (Å²) in [5.74, 6) is -0.161. The Kier molecular flexibility index (Phi) is 3.64. The SMILES string of the molecule is CCNNC(=O)c1scnc1Br. The summed E-state index contributed by atoms with van der Waals surface area (Å²) in [4.78, 5) is 15.7. The number of hydrogen-bond acceptors (Lipinski definition) is 4. The summed E-state index contributed by atoms with van der Waals surface area (Å²) >= 11 is 4.47. The minimum atomic E-state index is -0.161. The fourth-order valence-electron chi connectivity index (χ4n) is 0.605. The van der Waals surface area contributed by atoms with Gasteiger partial charge < -0.3 is 0 Å². The monoisotopic (exact) mass is 249 g/mol. The third-order valence-electron chi connectivity index (χ3n) is 1.11. The summed E-state index contributed by atoms with van der Waals surface area (Å²) in [6.45, 7) is 2.60. The van der Waals surface area contributed by atoms with Crippen molar-refractivity contribution in [2.24, 2.45) is 0 Å². The van der Waals surface area contributed by atoms with Gasteiger partial charge in [-0.25, -0.2) is 10.4 Å². The molecule has 12 heavy (non-hydrogen) atoms. The van der Waals surface area contributed by atoms with E-state index in [0.717, 1.165) is 0 Å². The van der Waals surface area contributed by atoms with Crippen LogP contribution >= 0.6 is 27.3 Å². The maximum Gasteiger partial charge on any atom is 0.278 e. The molecule has 0 aliphatic rings. The predicted molar refractivity (Wildman–Crippen MR) is 51.0 cm³/mol. The smallest absolute Gasteiger partial charge is 0.278 e. The van der Waals surface area contributed by atoms with Crippen molar-refractivity contribution < 1.29 is 4.79 Å². The molecule has 0 bridgehead atoms. The topological polar surface area (TPSA) is 54.0 Å². The Labute approximate surface area is 82.5 Å². The zero-order valence-corrected chi connectivity index (χ0v) is 8.83. The lowest BCUT2D eigenvalue weighted by Gasteiger charge is -2.01. The van der Waals surface area contributed by atoms with Gasteiger partial charge in [0, 0.05) is 6.54 Å². The van der Waals surface area contributed by atoms with E-state index in [1.807, 2.05) is 6.92 Å². The van der Waals surface area contributed by atoms with Crippen LogP contribution in [0, 0.1) is 0 Å². The normalized spacial score (nSPS) is 9.83. The molecule has 0 saturated carbocycles. The maximum absolute atomic E-state index is 11.3. The first-order chi connectivity index (χ1) is 5.75. The lowest BCUT2D eigenvalue weighted by molar-refractivity contribution is 0.0937. The van der Waals surface area contributed by atoms with Crippen molar-refractivity contribution >= 4 is 33.2 Å². The Balaban J connectivity index is 2.59. The van der Waals surface area contributed by atoms with Gasteiger partial charge in [0.25, 0.3) is 5.91 Å². The van der Waals surface area contributed by atoms with Crippen LogP contribution in [0.4, 0.5) is 0 Å². The first kappa shape index (κ1) is 9.63. The fourth-order valence-corrected chi connectivity index (χ4v) is 1.88. The Morgan fingerprint density at radius 3 is 3.08 bits per heavy atom. The van der Waals surface area contributed by atoms with Crippen LogP contribution in [-0.4, -0.2) is 17.4 Å². The molecular formula is C6H8BrN3OS. The molecule has 1 heterocycles. The second-order valence-corrected chi connectivity index (χ2v) is 3.56. The van der Waals surface area contributed by atoms with E-state index in [2.05, 4.69) is 31.8 Å². The van der Waals surface area contributed by atoms with Gasteiger partial charge in [0.15, 0.2) is 0 Å². The number of nitrogens with one attached hydrogen (secondary N) is 2. The van der Waals surface area contributed by atoms with Gasteiger partial charge in [-0.3, -0.25) is 10.2 Å². The summed E-state index contributed by atoms with van der Waals surface area (Å²) in [6, 6.07) is 0. The lowest BCUT2D eigenvalue weighted by Crippen LogP contribution is -2.36. The molecule has 0 aliphatic heterocycles. The first-order valence-electron chi connectivity index (χ1n) is 3.38. The highest BCUT2D eigenvalue weighted by Crippen LogP contribution is 2.18. The average Bonchev–Trinajstić information content (AvgIpc) is 2.47. The number of halogens is 1. The molecule has 66 valence electrons. The first-order valence-corrected chi connectivity index (χ1v) is 5.05. The van der Waals surface area contributed by atoms with Gasteiger partial charge in [0.2, 0.25) is 0 Å². The van der Waals surface area contributed by atoms with Crippen LogP contribution in [0.5, 0.6) is 0 Å². The number of thiazole rings is 1. The van der Waals surface area contributed by atoms with E-state index < -0.39 is 0 Å². The van der Waals surface area contributed by atoms with Crippen molar-refractivity contribution in [3.63, 3.8) is 0 Å². The van der Waals surface area contributed by atoms with Gasteiger partial charge in [-0.15, -0.1) is 11.3 Å². The van der Waals surface area contributed by atoms with E-state index in [-0.39, 0.29) is 5.91 Å². The molecule has 1 aromatic heterocycles. The van der Waals surface area contributed by atoms with Gasteiger partial charge in [0.1, 0.15) is 9.48 Å². The van der Waals surface area contributed by atoms with Gasteiger partial charge in [-0.2, -0.15) is 0 Å². The van der Waals surface area contributed by atoms with Gasteiger partial charge in [-0.05, 0) is 15.9 Å². The standard InChI is InChI=1S/C6H8BrN3OS/c1-2-9-10-6(11)4-5(7)8-3-12-4/h3,9H,2H2,1H3,(H,10,11). The number of hydrogen-bond donors (Lipinski definition) is 2. The highest BCUT2D eigenvalue weighted by atomic mass is 79.9. The molecule has 0 unspecified atom stereocenters. The maximum atomic E-state index is 11.3. The number of carbonyl (C=O) groups excluding carboxylic acids is 1. The molecule has 6 heteroatoms. The predicted octanol–water partition coefficient (Wildman–Crippen LogP) is 1.16. The molecule has 0 spiro atoms. The van der Waals surface area contributed by atoms with Crippen LogP contribution in [0.25, 0.3) is 0 Å². The highest BCUT2D eigenvalue weighted by Gasteiger charge is 2.11. The third-order valence-corrected chi connectivity index (χ3v) is 2.80. The van der Waals surface area contributed by atoms with Crippen molar-refractivity contribution in [2.45, 2.75) is 6.92 Å². The number of nitrogens with zero attached hydrogens (tertiary/aromatic N) is 1. The van der Waals surface area contributed by atoms with Crippen LogP contribution in [0.1, 0.15) is 16.6 Å². The number of hydrazine groups is 1. The average molecular weight is 250 g/mol. The number of rotatable bonds is 3.